The van der Waals surface area contributed by atoms with Crippen molar-refractivity contribution in [3.8, 4) is 6.07 Å². The lowest BCUT2D eigenvalue weighted by Gasteiger charge is -2.47. The zero-order valence-electron chi connectivity index (χ0n) is 18.9. The minimum atomic E-state index is -1.32. The van der Waals surface area contributed by atoms with Crippen molar-refractivity contribution < 1.29 is 18.8 Å². The van der Waals surface area contributed by atoms with Crippen LogP contribution in [0.4, 0.5) is 10.1 Å². The number of hydrogen-bond acceptors (Lipinski definition) is 4. The van der Waals surface area contributed by atoms with Crippen LogP contribution in [0.15, 0.2) is 42.5 Å². The van der Waals surface area contributed by atoms with Gasteiger partial charge in [0, 0.05) is 24.0 Å². The van der Waals surface area contributed by atoms with Gasteiger partial charge in [0.2, 0.25) is 11.8 Å². The van der Waals surface area contributed by atoms with Gasteiger partial charge in [0.25, 0.3) is 5.91 Å². The Hall–Kier alpha value is -3.44. The summed E-state index contributed by atoms with van der Waals surface area (Å²) in [6.07, 6.45) is 0.248. The van der Waals surface area contributed by atoms with Gasteiger partial charge in [0.1, 0.15) is 17.9 Å². The van der Waals surface area contributed by atoms with E-state index in [-0.39, 0.29) is 55.0 Å². The molecule has 0 bridgehead atoms. The van der Waals surface area contributed by atoms with Crippen LogP contribution in [0.5, 0.6) is 0 Å². The summed E-state index contributed by atoms with van der Waals surface area (Å²) in [5, 5.41) is 9.59. The Kier molecular flexibility index (Phi) is 6.32. The summed E-state index contributed by atoms with van der Waals surface area (Å²) in [6, 6.07) is 12.6. The average molecular weight is 483 g/mol. The quantitative estimate of drug-likeness (QED) is 0.669. The Morgan fingerprint density at radius 2 is 1.91 bits per heavy atom. The van der Waals surface area contributed by atoms with E-state index in [4.69, 9.17) is 16.9 Å². The lowest BCUT2D eigenvalue weighted by atomic mass is 9.89. The van der Waals surface area contributed by atoms with Gasteiger partial charge in [-0.1, -0.05) is 37.6 Å². The van der Waals surface area contributed by atoms with Gasteiger partial charge in [-0.15, -0.1) is 0 Å². The largest absolute Gasteiger partial charge is 0.339 e. The number of carbonyl (C=O) groups excluding carboxylic acids is 3. The highest BCUT2D eigenvalue weighted by molar-refractivity contribution is 6.30. The van der Waals surface area contributed by atoms with Crippen molar-refractivity contribution in [1.82, 2.24) is 9.80 Å². The number of rotatable bonds is 4. The number of benzene rings is 2. The second kappa shape index (κ2) is 9.07. The second-order valence-corrected chi connectivity index (χ2v) is 9.41. The molecule has 1 spiro atoms. The summed E-state index contributed by atoms with van der Waals surface area (Å²) in [5.41, 5.74) is -0.474. The van der Waals surface area contributed by atoms with Crippen LogP contribution in [0.3, 0.4) is 0 Å². The van der Waals surface area contributed by atoms with Crippen LogP contribution in [0, 0.1) is 23.1 Å². The van der Waals surface area contributed by atoms with Gasteiger partial charge < -0.3 is 9.80 Å². The summed E-state index contributed by atoms with van der Waals surface area (Å²) < 4.78 is 14.8. The van der Waals surface area contributed by atoms with E-state index >= 15 is 0 Å². The van der Waals surface area contributed by atoms with E-state index in [2.05, 4.69) is 0 Å². The van der Waals surface area contributed by atoms with Gasteiger partial charge in [-0.05, 0) is 42.3 Å². The Bertz CT molecular complexity index is 1190. The van der Waals surface area contributed by atoms with Gasteiger partial charge in [0.05, 0.1) is 23.9 Å². The summed E-state index contributed by atoms with van der Waals surface area (Å²) in [6.45, 7) is 3.74. The predicted octanol–water partition coefficient (Wildman–Crippen LogP) is 3.35. The molecule has 3 amide bonds. The molecule has 2 saturated heterocycles. The molecule has 2 heterocycles. The van der Waals surface area contributed by atoms with Crippen molar-refractivity contribution in [2.24, 2.45) is 5.92 Å². The van der Waals surface area contributed by atoms with E-state index < -0.39 is 17.3 Å². The molecule has 2 fully saturated rings. The van der Waals surface area contributed by atoms with Crippen molar-refractivity contribution in [2.45, 2.75) is 32.4 Å². The van der Waals surface area contributed by atoms with Gasteiger partial charge in [-0.2, -0.15) is 5.26 Å². The van der Waals surface area contributed by atoms with E-state index in [0.717, 1.165) is 16.5 Å². The fraction of sp³-hybridized carbons (Fsp3) is 0.360. The molecule has 0 N–H and O–H groups in total. The van der Waals surface area contributed by atoms with Gasteiger partial charge in [0.15, 0.2) is 0 Å². The van der Waals surface area contributed by atoms with Crippen LogP contribution < -0.4 is 4.90 Å². The van der Waals surface area contributed by atoms with Crippen molar-refractivity contribution in [2.75, 3.05) is 24.5 Å². The topological polar surface area (TPSA) is 84.7 Å². The van der Waals surface area contributed by atoms with Crippen molar-refractivity contribution in [3.63, 3.8) is 0 Å². The third-order valence-corrected chi connectivity index (χ3v) is 6.68. The molecule has 2 aromatic rings. The Labute approximate surface area is 202 Å². The highest BCUT2D eigenvalue weighted by Crippen LogP contribution is 2.38. The lowest BCUT2D eigenvalue weighted by Crippen LogP contribution is -2.69. The number of halogens is 2. The second-order valence-electron chi connectivity index (χ2n) is 8.97. The first-order valence-corrected chi connectivity index (χ1v) is 11.4. The van der Waals surface area contributed by atoms with E-state index in [1.807, 2.05) is 6.07 Å². The number of amides is 3. The molecule has 0 radical (unpaired) electrons. The third-order valence-electron chi connectivity index (χ3n) is 6.43. The maximum Gasteiger partial charge on any atom is 0.255 e. The number of carbonyl (C=O) groups is 3. The molecule has 2 aliphatic heterocycles. The molecule has 9 heteroatoms. The standard InChI is InChI=1S/C25H24ClFN4O3/c1-16(2)23(33)29-10-9-25(15-29)24(34)30(21-8-5-18(12-28)11-20(21)27)14-22(32)31(25)13-17-3-6-19(26)7-4-17/h3-8,11,16H,9-10,13-15H2,1-2H3/t25-/m0/s1. The highest BCUT2D eigenvalue weighted by atomic mass is 35.5. The third kappa shape index (κ3) is 4.12. The van der Waals surface area contributed by atoms with E-state index in [1.54, 1.807) is 43.0 Å². The fourth-order valence-corrected chi connectivity index (χ4v) is 4.77. The summed E-state index contributed by atoms with van der Waals surface area (Å²) >= 11 is 5.99. The van der Waals surface area contributed by atoms with Crippen molar-refractivity contribution in [3.05, 3.63) is 64.4 Å². The Morgan fingerprint density at radius 1 is 1.21 bits per heavy atom. The first-order valence-electron chi connectivity index (χ1n) is 11.0. The molecule has 4 rings (SSSR count). The lowest BCUT2D eigenvalue weighted by molar-refractivity contribution is -0.152. The molecule has 1 atom stereocenters. The minimum Gasteiger partial charge on any atom is -0.339 e. The molecule has 7 nitrogen and oxygen atoms in total. The van der Waals surface area contributed by atoms with E-state index in [0.29, 0.717) is 11.6 Å². The molecule has 2 aromatic carbocycles. The Balaban J connectivity index is 1.74. The molecular weight excluding hydrogens is 459 g/mol. The maximum absolute atomic E-state index is 14.8. The van der Waals surface area contributed by atoms with Gasteiger partial charge >= 0.3 is 0 Å². The molecule has 0 unspecified atom stereocenters. The van der Waals surface area contributed by atoms with Crippen LogP contribution >= 0.6 is 11.6 Å². The average Bonchev–Trinajstić information content (AvgIpc) is 3.26. The van der Waals surface area contributed by atoms with Crippen LogP contribution in [0.1, 0.15) is 31.4 Å². The zero-order valence-corrected chi connectivity index (χ0v) is 19.7. The van der Waals surface area contributed by atoms with Gasteiger partial charge in [-0.3, -0.25) is 19.3 Å². The number of anilines is 1. The van der Waals surface area contributed by atoms with E-state index in [1.165, 1.54) is 17.0 Å². The van der Waals surface area contributed by atoms with Crippen LogP contribution in [0.25, 0.3) is 0 Å². The molecule has 0 aromatic heterocycles. The normalized spacial score (nSPS) is 20.4. The number of likely N-dealkylation sites (tertiary alicyclic amines) is 1. The highest BCUT2D eigenvalue weighted by Gasteiger charge is 2.57. The predicted molar refractivity (Wildman–Crippen MR) is 124 cm³/mol. The Morgan fingerprint density at radius 3 is 2.53 bits per heavy atom. The fourth-order valence-electron chi connectivity index (χ4n) is 4.64. The molecule has 0 aliphatic carbocycles. The molecular formula is C25H24ClFN4O3. The van der Waals surface area contributed by atoms with Crippen LogP contribution in [-0.2, 0) is 20.9 Å². The SMILES string of the molecule is CC(C)C(=O)N1CC[C@]2(C1)C(=O)N(c1ccc(C#N)cc1F)CC(=O)N2Cc1ccc(Cl)cc1. The van der Waals surface area contributed by atoms with Crippen LogP contribution in [-0.4, -0.2) is 52.7 Å². The first kappa shape index (κ1) is 23.7. The van der Waals surface area contributed by atoms with Gasteiger partial charge in [-0.25, -0.2) is 4.39 Å². The van der Waals surface area contributed by atoms with Crippen molar-refractivity contribution in [1.29, 1.82) is 5.26 Å². The maximum atomic E-state index is 14.8. The number of piperazine rings is 1. The smallest absolute Gasteiger partial charge is 0.255 e. The molecule has 2 aliphatic rings. The van der Waals surface area contributed by atoms with Crippen molar-refractivity contribution >= 4 is 35.0 Å². The van der Waals surface area contributed by atoms with Crippen LogP contribution in [0.2, 0.25) is 5.02 Å². The monoisotopic (exact) mass is 482 g/mol. The summed E-state index contributed by atoms with van der Waals surface area (Å²) in [7, 11) is 0. The summed E-state index contributed by atoms with van der Waals surface area (Å²) in [4.78, 5) is 44.4. The molecule has 176 valence electrons. The molecule has 0 saturated carbocycles. The zero-order chi connectivity index (χ0) is 24.6. The number of nitrogens with zero attached hydrogens (tertiary/aromatic N) is 4. The summed E-state index contributed by atoms with van der Waals surface area (Å²) in [5.74, 6) is -1.91. The molecule has 34 heavy (non-hydrogen) atoms. The van der Waals surface area contributed by atoms with E-state index in [9.17, 15) is 18.8 Å². The minimum absolute atomic E-state index is 0.0383. The first-order chi connectivity index (χ1) is 16.2. The number of nitriles is 1. The number of hydrogen-bond donors (Lipinski definition) is 0.